The van der Waals surface area contributed by atoms with Crippen LogP contribution in [0.25, 0.3) is 0 Å². The monoisotopic (exact) mass is 210 g/mol. The largest absolute Gasteiger partial charge is 0.344 e. The Morgan fingerprint density at radius 1 is 1.13 bits per heavy atom. The fraction of sp³-hybridized carbons (Fsp3) is 0.818. The number of likely N-dealkylation sites (tertiary alicyclic amines) is 2. The lowest BCUT2D eigenvalue weighted by Gasteiger charge is -2.31. The second kappa shape index (κ2) is 4.64. The fourth-order valence-corrected chi connectivity index (χ4v) is 2.50. The second-order valence-corrected chi connectivity index (χ2v) is 4.47. The fourth-order valence-electron chi connectivity index (χ4n) is 2.50. The van der Waals surface area contributed by atoms with Crippen molar-refractivity contribution in [3.63, 3.8) is 0 Å². The summed E-state index contributed by atoms with van der Waals surface area (Å²) in [5, 5.41) is 0. The van der Waals surface area contributed by atoms with Crippen LogP contribution in [0.5, 0.6) is 0 Å². The Labute approximate surface area is 90.2 Å². The Morgan fingerprint density at radius 2 is 1.87 bits per heavy atom. The van der Waals surface area contributed by atoms with Crippen molar-refractivity contribution in [1.29, 1.82) is 0 Å². The Kier molecular flexibility index (Phi) is 3.23. The second-order valence-electron chi connectivity index (χ2n) is 4.47. The molecule has 0 aliphatic carbocycles. The predicted octanol–water partition coefficient (Wildman–Crippen LogP) is 0.477. The summed E-state index contributed by atoms with van der Waals surface area (Å²) < 4.78 is 0. The van der Waals surface area contributed by atoms with E-state index in [0.29, 0.717) is 6.54 Å². The first-order chi connectivity index (χ1) is 7.31. The van der Waals surface area contributed by atoms with E-state index in [4.69, 9.17) is 0 Å². The minimum atomic E-state index is 0.0575. The van der Waals surface area contributed by atoms with E-state index in [-0.39, 0.29) is 11.8 Å². The number of hydrogen-bond donors (Lipinski definition) is 0. The molecule has 0 radical (unpaired) electrons. The molecular formula is C11H18N2O2. The number of carbonyl (C=O) groups is 2. The smallest absolute Gasteiger partial charge is 0.227 e. The molecule has 84 valence electrons. The molecular weight excluding hydrogens is 192 g/mol. The Balaban J connectivity index is 1.91. The predicted molar refractivity (Wildman–Crippen MR) is 56.2 cm³/mol. The van der Waals surface area contributed by atoms with Crippen molar-refractivity contribution in [2.24, 2.45) is 5.92 Å². The van der Waals surface area contributed by atoms with Crippen molar-refractivity contribution in [3.8, 4) is 0 Å². The third-order valence-corrected chi connectivity index (χ3v) is 3.37. The Hall–Kier alpha value is -1.06. The summed E-state index contributed by atoms with van der Waals surface area (Å²) in [7, 11) is 0. The van der Waals surface area contributed by atoms with Crippen LogP contribution < -0.4 is 0 Å². The van der Waals surface area contributed by atoms with Gasteiger partial charge in [-0.05, 0) is 25.7 Å². The molecule has 1 atom stereocenters. The first-order valence-electron chi connectivity index (χ1n) is 5.79. The number of hydrogen-bond acceptors (Lipinski definition) is 2. The Bertz CT molecular complexity index is 249. The van der Waals surface area contributed by atoms with Crippen molar-refractivity contribution in [3.05, 3.63) is 0 Å². The van der Waals surface area contributed by atoms with Gasteiger partial charge in [0.05, 0.1) is 5.92 Å². The number of piperidine rings is 1. The van der Waals surface area contributed by atoms with Gasteiger partial charge in [0.15, 0.2) is 0 Å². The summed E-state index contributed by atoms with van der Waals surface area (Å²) in [4.78, 5) is 26.4. The van der Waals surface area contributed by atoms with Gasteiger partial charge in [-0.1, -0.05) is 0 Å². The van der Waals surface area contributed by atoms with E-state index in [9.17, 15) is 9.59 Å². The van der Waals surface area contributed by atoms with Gasteiger partial charge < -0.3 is 9.80 Å². The van der Waals surface area contributed by atoms with Gasteiger partial charge in [-0.2, -0.15) is 0 Å². The summed E-state index contributed by atoms with van der Waals surface area (Å²) in [6, 6.07) is 0. The van der Waals surface area contributed by atoms with Crippen LogP contribution in [-0.4, -0.2) is 48.3 Å². The molecule has 0 bridgehead atoms. The van der Waals surface area contributed by atoms with Gasteiger partial charge in [0, 0.05) is 26.2 Å². The highest BCUT2D eigenvalue weighted by molar-refractivity contribution is 5.79. The van der Waals surface area contributed by atoms with Crippen molar-refractivity contribution in [2.75, 3.05) is 26.2 Å². The van der Waals surface area contributed by atoms with Crippen LogP contribution in [0.4, 0.5) is 0 Å². The zero-order valence-electron chi connectivity index (χ0n) is 9.02. The van der Waals surface area contributed by atoms with Gasteiger partial charge in [0.1, 0.15) is 0 Å². The average molecular weight is 210 g/mol. The van der Waals surface area contributed by atoms with E-state index in [1.807, 2.05) is 4.90 Å². The third kappa shape index (κ3) is 2.30. The van der Waals surface area contributed by atoms with Crippen molar-refractivity contribution in [2.45, 2.75) is 25.7 Å². The molecule has 0 spiro atoms. The molecule has 2 aliphatic heterocycles. The summed E-state index contributed by atoms with van der Waals surface area (Å²) in [5.41, 5.74) is 0. The first kappa shape index (κ1) is 10.5. The summed E-state index contributed by atoms with van der Waals surface area (Å²) in [6.07, 6.45) is 5.04. The lowest BCUT2D eigenvalue weighted by atomic mass is 9.97. The van der Waals surface area contributed by atoms with E-state index in [0.717, 1.165) is 51.7 Å². The van der Waals surface area contributed by atoms with Gasteiger partial charge >= 0.3 is 0 Å². The molecule has 0 unspecified atom stereocenters. The van der Waals surface area contributed by atoms with E-state index in [1.165, 1.54) is 0 Å². The topological polar surface area (TPSA) is 40.6 Å². The van der Waals surface area contributed by atoms with Crippen molar-refractivity contribution < 1.29 is 9.59 Å². The summed E-state index contributed by atoms with van der Waals surface area (Å²) >= 11 is 0. The molecule has 2 rings (SSSR count). The average Bonchev–Trinajstić information content (AvgIpc) is 2.81. The van der Waals surface area contributed by atoms with Gasteiger partial charge in [-0.25, -0.2) is 0 Å². The van der Waals surface area contributed by atoms with E-state index < -0.39 is 0 Å². The maximum atomic E-state index is 12.0. The molecule has 2 fully saturated rings. The molecule has 2 saturated heterocycles. The highest BCUT2D eigenvalue weighted by atomic mass is 16.2. The number of nitrogens with zero attached hydrogens (tertiary/aromatic N) is 2. The lowest BCUT2D eigenvalue weighted by Crippen LogP contribution is -2.43. The van der Waals surface area contributed by atoms with Gasteiger partial charge in [0.25, 0.3) is 0 Å². The van der Waals surface area contributed by atoms with Crippen LogP contribution in [-0.2, 0) is 9.59 Å². The van der Waals surface area contributed by atoms with Crippen LogP contribution in [0.3, 0.4) is 0 Å². The molecule has 2 heterocycles. The van der Waals surface area contributed by atoms with Crippen LogP contribution >= 0.6 is 0 Å². The lowest BCUT2D eigenvalue weighted by molar-refractivity contribution is -0.137. The molecule has 0 aromatic rings. The number of amides is 2. The van der Waals surface area contributed by atoms with Crippen molar-refractivity contribution in [1.82, 2.24) is 9.80 Å². The molecule has 0 aromatic heterocycles. The molecule has 0 aromatic carbocycles. The molecule has 4 heteroatoms. The summed E-state index contributed by atoms with van der Waals surface area (Å²) in [5.74, 6) is 0.320. The van der Waals surface area contributed by atoms with E-state index in [2.05, 4.69) is 0 Å². The third-order valence-electron chi connectivity index (χ3n) is 3.37. The van der Waals surface area contributed by atoms with Crippen LogP contribution in [0, 0.1) is 5.92 Å². The first-order valence-corrected chi connectivity index (χ1v) is 5.79. The maximum Gasteiger partial charge on any atom is 0.227 e. The SMILES string of the molecule is O=CN1CCC[C@H](C(=O)N2CCCC2)C1. The molecule has 0 saturated carbocycles. The molecule has 15 heavy (non-hydrogen) atoms. The molecule has 0 N–H and O–H groups in total. The molecule has 2 aliphatic rings. The number of carbonyl (C=O) groups excluding carboxylic acids is 2. The molecule has 4 nitrogen and oxygen atoms in total. The quantitative estimate of drug-likeness (QED) is 0.622. The van der Waals surface area contributed by atoms with E-state index >= 15 is 0 Å². The minimum Gasteiger partial charge on any atom is -0.344 e. The van der Waals surface area contributed by atoms with Crippen LogP contribution in [0.2, 0.25) is 0 Å². The highest BCUT2D eigenvalue weighted by Crippen LogP contribution is 2.20. The minimum absolute atomic E-state index is 0.0575. The number of rotatable bonds is 2. The normalized spacial score (nSPS) is 26.8. The van der Waals surface area contributed by atoms with Gasteiger partial charge in [-0.3, -0.25) is 9.59 Å². The van der Waals surface area contributed by atoms with Gasteiger partial charge in [-0.15, -0.1) is 0 Å². The highest BCUT2D eigenvalue weighted by Gasteiger charge is 2.29. The summed E-state index contributed by atoms with van der Waals surface area (Å²) in [6.45, 7) is 3.26. The van der Waals surface area contributed by atoms with Crippen LogP contribution in [0.1, 0.15) is 25.7 Å². The molecule has 2 amide bonds. The zero-order valence-corrected chi connectivity index (χ0v) is 9.02. The van der Waals surface area contributed by atoms with Crippen molar-refractivity contribution >= 4 is 12.3 Å². The Morgan fingerprint density at radius 3 is 2.53 bits per heavy atom. The van der Waals surface area contributed by atoms with E-state index in [1.54, 1.807) is 4.90 Å². The van der Waals surface area contributed by atoms with Gasteiger partial charge in [0.2, 0.25) is 12.3 Å². The standard InChI is InChI=1S/C11H18N2O2/c14-9-12-5-3-4-10(8-12)11(15)13-6-1-2-7-13/h9-10H,1-8H2/t10-/m0/s1. The zero-order chi connectivity index (χ0) is 10.7. The maximum absolute atomic E-state index is 12.0. The van der Waals surface area contributed by atoms with Crippen LogP contribution in [0.15, 0.2) is 0 Å².